The molecular formula is C23H22N2O3. The largest absolute Gasteiger partial charge is 0.438 e. The summed E-state index contributed by atoms with van der Waals surface area (Å²) < 4.78 is 5.82. The smallest absolute Gasteiger partial charge is 0.259 e. The molecule has 0 spiro atoms. The zero-order chi connectivity index (χ0) is 19.4. The van der Waals surface area contributed by atoms with Crippen LogP contribution in [0.1, 0.15) is 28.8 Å². The Bertz CT molecular complexity index is 936. The average molecular weight is 374 g/mol. The first-order valence-corrected chi connectivity index (χ1v) is 9.41. The summed E-state index contributed by atoms with van der Waals surface area (Å²) >= 11 is 0. The Morgan fingerprint density at radius 1 is 0.929 bits per heavy atom. The Kier molecular flexibility index (Phi) is 5.08. The number of aromatic nitrogens is 1. The summed E-state index contributed by atoms with van der Waals surface area (Å²) in [5.74, 6) is 0.795. The molecule has 1 N–H and O–H groups in total. The lowest BCUT2D eigenvalue weighted by Crippen LogP contribution is -2.45. The van der Waals surface area contributed by atoms with Crippen LogP contribution in [-0.2, 0) is 5.60 Å². The van der Waals surface area contributed by atoms with E-state index in [-0.39, 0.29) is 5.91 Å². The minimum Gasteiger partial charge on any atom is -0.438 e. The molecule has 0 radical (unpaired) electrons. The van der Waals surface area contributed by atoms with Gasteiger partial charge < -0.3 is 14.7 Å². The standard InChI is InChI=1S/C23H22N2O3/c26-22(20-12-7-15-24-21(20)28-19-10-5-2-6-11-19)25-16-13-23(27,14-17-25)18-8-3-1-4-9-18/h1-12,15,27H,13-14,16-17H2. The zero-order valence-electron chi connectivity index (χ0n) is 15.5. The molecule has 4 rings (SSSR count). The van der Waals surface area contributed by atoms with Crippen LogP contribution in [0.4, 0.5) is 0 Å². The molecule has 1 aromatic heterocycles. The third kappa shape index (κ3) is 3.75. The third-order valence-electron chi connectivity index (χ3n) is 5.15. The second-order valence-corrected chi connectivity index (χ2v) is 6.96. The summed E-state index contributed by atoms with van der Waals surface area (Å²) in [5.41, 5.74) is 0.434. The van der Waals surface area contributed by atoms with Gasteiger partial charge in [0.1, 0.15) is 11.3 Å². The molecule has 1 aliphatic heterocycles. The van der Waals surface area contributed by atoms with Crippen molar-refractivity contribution >= 4 is 5.91 Å². The van der Waals surface area contributed by atoms with Crippen LogP contribution >= 0.6 is 0 Å². The highest BCUT2D eigenvalue weighted by Crippen LogP contribution is 2.33. The van der Waals surface area contributed by atoms with Gasteiger partial charge >= 0.3 is 0 Å². The summed E-state index contributed by atoms with van der Waals surface area (Å²) in [5, 5.41) is 11.0. The molecular weight excluding hydrogens is 352 g/mol. The van der Waals surface area contributed by atoms with Gasteiger partial charge in [0, 0.05) is 19.3 Å². The highest BCUT2D eigenvalue weighted by molar-refractivity contribution is 5.96. The molecule has 5 nitrogen and oxygen atoms in total. The number of benzene rings is 2. The summed E-state index contributed by atoms with van der Waals surface area (Å²) in [4.78, 5) is 19.1. The number of amides is 1. The second-order valence-electron chi connectivity index (χ2n) is 6.96. The molecule has 1 aliphatic rings. The van der Waals surface area contributed by atoms with Crippen LogP contribution in [0.15, 0.2) is 79.0 Å². The van der Waals surface area contributed by atoms with Crippen LogP contribution in [0.3, 0.4) is 0 Å². The minimum absolute atomic E-state index is 0.130. The number of hydrogen-bond donors (Lipinski definition) is 1. The number of rotatable bonds is 4. The molecule has 2 heterocycles. The van der Waals surface area contributed by atoms with Crippen molar-refractivity contribution in [1.82, 2.24) is 9.88 Å². The number of nitrogens with zero attached hydrogens (tertiary/aromatic N) is 2. The molecule has 3 aromatic rings. The van der Waals surface area contributed by atoms with Gasteiger partial charge in [-0.3, -0.25) is 4.79 Å². The van der Waals surface area contributed by atoms with E-state index in [4.69, 9.17) is 4.74 Å². The maximum absolute atomic E-state index is 13.1. The quantitative estimate of drug-likeness (QED) is 0.750. The van der Waals surface area contributed by atoms with E-state index in [1.54, 1.807) is 23.2 Å². The van der Waals surface area contributed by atoms with E-state index in [0.717, 1.165) is 5.56 Å². The Balaban J connectivity index is 1.49. The van der Waals surface area contributed by atoms with Crippen molar-refractivity contribution in [2.45, 2.75) is 18.4 Å². The predicted molar refractivity (Wildman–Crippen MR) is 106 cm³/mol. The number of ether oxygens (including phenoxy) is 1. The zero-order valence-corrected chi connectivity index (χ0v) is 15.5. The molecule has 28 heavy (non-hydrogen) atoms. The first-order chi connectivity index (χ1) is 13.7. The van der Waals surface area contributed by atoms with Gasteiger partial charge in [-0.1, -0.05) is 48.5 Å². The van der Waals surface area contributed by atoms with Crippen molar-refractivity contribution in [3.63, 3.8) is 0 Å². The van der Waals surface area contributed by atoms with Gasteiger partial charge in [-0.25, -0.2) is 4.98 Å². The molecule has 1 fully saturated rings. The molecule has 142 valence electrons. The SMILES string of the molecule is O=C(c1cccnc1Oc1ccccc1)N1CCC(O)(c2ccccc2)CC1. The van der Waals surface area contributed by atoms with Crippen molar-refractivity contribution in [3.05, 3.63) is 90.1 Å². The fraction of sp³-hybridized carbons (Fsp3) is 0.217. The normalized spacial score (nSPS) is 15.8. The van der Waals surface area contributed by atoms with E-state index in [1.165, 1.54) is 0 Å². The van der Waals surface area contributed by atoms with E-state index in [2.05, 4.69) is 4.98 Å². The van der Waals surface area contributed by atoms with E-state index in [9.17, 15) is 9.90 Å². The van der Waals surface area contributed by atoms with Crippen LogP contribution < -0.4 is 4.74 Å². The fourth-order valence-corrected chi connectivity index (χ4v) is 3.52. The van der Waals surface area contributed by atoms with Gasteiger partial charge in [0.15, 0.2) is 0 Å². The molecule has 0 aliphatic carbocycles. The Labute approximate surface area is 164 Å². The highest BCUT2D eigenvalue weighted by atomic mass is 16.5. The molecule has 5 heteroatoms. The lowest BCUT2D eigenvalue weighted by atomic mass is 9.84. The number of para-hydroxylation sites is 1. The van der Waals surface area contributed by atoms with Crippen molar-refractivity contribution in [3.8, 4) is 11.6 Å². The molecule has 0 atom stereocenters. The molecule has 2 aromatic carbocycles. The molecule has 1 saturated heterocycles. The maximum atomic E-state index is 13.1. The number of likely N-dealkylation sites (tertiary alicyclic amines) is 1. The summed E-state index contributed by atoms with van der Waals surface area (Å²) in [6.07, 6.45) is 2.61. The first-order valence-electron chi connectivity index (χ1n) is 9.41. The fourth-order valence-electron chi connectivity index (χ4n) is 3.52. The van der Waals surface area contributed by atoms with Crippen LogP contribution in [-0.4, -0.2) is 34.0 Å². The lowest BCUT2D eigenvalue weighted by Gasteiger charge is -2.38. The van der Waals surface area contributed by atoms with Crippen molar-refractivity contribution in [1.29, 1.82) is 0 Å². The van der Waals surface area contributed by atoms with Crippen molar-refractivity contribution < 1.29 is 14.6 Å². The van der Waals surface area contributed by atoms with Crippen LogP contribution in [0, 0.1) is 0 Å². The van der Waals surface area contributed by atoms with E-state index < -0.39 is 5.60 Å². The summed E-state index contributed by atoms with van der Waals surface area (Å²) in [6.45, 7) is 0.952. The third-order valence-corrected chi connectivity index (χ3v) is 5.15. The maximum Gasteiger partial charge on any atom is 0.259 e. The minimum atomic E-state index is -0.893. The summed E-state index contributed by atoms with van der Waals surface area (Å²) in [6, 6.07) is 22.4. The van der Waals surface area contributed by atoms with Gasteiger partial charge in [-0.15, -0.1) is 0 Å². The molecule has 0 bridgehead atoms. The predicted octanol–water partition coefficient (Wildman–Crippen LogP) is 4.00. The summed E-state index contributed by atoms with van der Waals surface area (Å²) in [7, 11) is 0. The first kappa shape index (κ1) is 18.2. The number of piperidine rings is 1. The lowest BCUT2D eigenvalue weighted by molar-refractivity contribution is -0.0211. The molecule has 1 amide bonds. The molecule has 0 saturated carbocycles. The van der Waals surface area contributed by atoms with E-state index in [0.29, 0.717) is 43.1 Å². The van der Waals surface area contributed by atoms with Gasteiger partial charge in [0.05, 0.1) is 5.60 Å². The topological polar surface area (TPSA) is 62.7 Å². The van der Waals surface area contributed by atoms with Crippen molar-refractivity contribution in [2.24, 2.45) is 0 Å². The second kappa shape index (κ2) is 7.82. The van der Waals surface area contributed by atoms with E-state index in [1.807, 2.05) is 60.7 Å². The Hall–Kier alpha value is -3.18. The van der Waals surface area contributed by atoms with Gasteiger partial charge in [0.2, 0.25) is 5.88 Å². The van der Waals surface area contributed by atoms with Gasteiger partial charge in [0.25, 0.3) is 5.91 Å². The number of pyridine rings is 1. The number of aliphatic hydroxyl groups is 1. The highest BCUT2D eigenvalue weighted by Gasteiger charge is 2.36. The monoisotopic (exact) mass is 374 g/mol. The van der Waals surface area contributed by atoms with Gasteiger partial charge in [-0.2, -0.15) is 0 Å². The van der Waals surface area contributed by atoms with Crippen LogP contribution in [0.5, 0.6) is 11.6 Å². The van der Waals surface area contributed by atoms with Crippen molar-refractivity contribution in [2.75, 3.05) is 13.1 Å². The average Bonchev–Trinajstić information content (AvgIpc) is 2.76. The number of hydrogen-bond acceptors (Lipinski definition) is 4. The van der Waals surface area contributed by atoms with Crippen LogP contribution in [0.2, 0.25) is 0 Å². The van der Waals surface area contributed by atoms with Crippen LogP contribution in [0.25, 0.3) is 0 Å². The van der Waals surface area contributed by atoms with E-state index >= 15 is 0 Å². The number of carbonyl (C=O) groups is 1. The Morgan fingerprint density at radius 3 is 2.25 bits per heavy atom. The number of carbonyl (C=O) groups excluding carboxylic acids is 1. The van der Waals surface area contributed by atoms with Gasteiger partial charge in [-0.05, 0) is 42.7 Å². The Morgan fingerprint density at radius 2 is 1.57 bits per heavy atom. The molecule has 0 unspecified atom stereocenters.